The Kier molecular flexibility index (Phi) is 5.09. The maximum atomic E-state index is 13.2. The summed E-state index contributed by atoms with van der Waals surface area (Å²) >= 11 is 1.39. The molecule has 1 heterocycles. The van der Waals surface area contributed by atoms with Gasteiger partial charge in [-0.3, -0.25) is 4.79 Å². The average molecular weight is 302 g/mol. The zero-order valence-electron chi connectivity index (χ0n) is 11.5. The SMILES string of the molecule is CC(NC(=O)c1csc(C#CCN)c1)c1cccc(F)c1. The number of carbonyl (C=O) groups is 1. The van der Waals surface area contributed by atoms with Gasteiger partial charge in [0, 0.05) is 5.38 Å². The van der Waals surface area contributed by atoms with Crippen molar-refractivity contribution in [3.8, 4) is 11.8 Å². The summed E-state index contributed by atoms with van der Waals surface area (Å²) in [6.45, 7) is 2.10. The molecule has 0 bridgehead atoms. The van der Waals surface area contributed by atoms with Gasteiger partial charge in [0.2, 0.25) is 0 Å². The van der Waals surface area contributed by atoms with Crippen LogP contribution in [0, 0.1) is 17.7 Å². The second kappa shape index (κ2) is 7.02. The molecule has 2 rings (SSSR count). The van der Waals surface area contributed by atoms with Gasteiger partial charge in [-0.05, 0) is 30.7 Å². The highest BCUT2D eigenvalue weighted by molar-refractivity contribution is 7.10. The molecular weight excluding hydrogens is 287 g/mol. The Labute approximate surface area is 127 Å². The van der Waals surface area contributed by atoms with E-state index in [2.05, 4.69) is 17.2 Å². The van der Waals surface area contributed by atoms with Gasteiger partial charge in [0.1, 0.15) is 5.82 Å². The zero-order chi connectivity index (χ0) is 15.2. The van der Waals surface area contributed by atoms with Crippen molar-refractivity contribution in [2.24, 2.45) is 5.73 Å². The molecule has 21 heavy (non-hydrogen) atoms. The van der Waals surface area contributed by atoms with Gasteiger partial charge in [-0.2, -0.15) is 0 Å². The molecular formula is C16H15FN2OS. The Morgan fingerprint density at radius 3 is 3.00 bits per heavy atom. The molecule has 108 valence electrons. The Morgan fingerprint density at radius 2 is 2.29 bits per heavy atom. The van der Waals surface area contributed by atoms with Crippen molar-refractivity contribution in [2.75, 3.05) is 6.54 Å². The summed E-state index contributed by atoms with van der Waals surface area (Å²) in [5, 5.41) is 4.58. The largest absolute Gasteiger partial charge is 0.345 e. The molecule has 0 aliphatic heterocycles. The maximum Gasteiger partial charge on any atom is 0.252 e. The van der Waals surface area contributed by atoms with Gasteiger partial charge in [-0.25, -0.2) is 4.39 Å². The molecule has 3 N–H and O–H groups in total. The number of nitrogens with two attached hydrogens (primary N) is 1. The zero-order valence-corrected chi connectivity index (χ0v) is 12.3. The highest BCUT2D eigenvalue weighted by atomic mass is 32.1. The highest BCUT2D eigenvalue weighted by Crippen LogP contribution is 2.17. The van der Waals surface area contributed by atoms with Crippen molar-refractivity contribution in [1.82, 2.24) is 5.32 Å². The maximum absolute atomic E-state index is 13.2. The van der Waals surface area contributed by atoms with Gasteiger partial charge in [0.25, 0.3) is 5.91 Å². The summed E-state index contributed by atoms with van der Waals surface area (Å²) < 4.78 is 13.2. The topological polar surface area (TPSA) is 55.1 Å². The molecule has 0 saturated carbocycles. The molecule has 0 aliphatic carbocycles. The second-order valence-electron chi connectivity index (χ2n) is 4.46. The standard InChI is InChI=1S/C16H15FN2OS/c1-11(12-4-2-5-14(17)8-12)19-16(20)13-9-15(21-10-13)6-3-7-18/h2,4-5,8-11H,7,18H2,1H3,(H,19,20). The molecule has 0 saturated heterocycles. The number of nitrogens with one attached hydrogen (secondary N) is 1. The third-order valence-corrected chi connectivity index (χ3v) is 3.72. The van der Waals surface area contributed by atoms with Crippen LogP contribution in [0.1, 0.15) is 33.8 Å². The van der Waals surface area contributed by atoms with Gasteiger partial charge in [-0.1, -0.05) is 24.0 Å². The van der Waals surface area contributed by atoms with Crippen LogP contribution in [0.15, 0.2) is 35.7 Å². The van der Waals surface area contributed by atoms with Crippen LogP contribution in [0.3, 0.4) is 0 Å². The first kappa shape index (κ1) is 15.2. The van der Waals surface area contributed by atoms with E-state index in [1.54, 1.807) is 23.6 Å². The number of rotatable bonds is 3. The Hall–Kier alpha value is -2.16. The van der Waals surface area contributed by atoms with Crippen LogP contribution in [0.2, 0.25) is 0 Å². The summed E-state index contributed by atoms with van der Waals surface area (Å²) in [6, 6.07) is 7.64. The molecule has 1 aromatic carbocycles. The lowest BCUT2D eigenvalue weighted by molar-refractivity contribution is 0.0940. The fraction of sp³-hybridized carbons (Fsp3) is 0.188. The summed E-state index contributed by atoms with van der Waals surface area (Å²) in [6.07, 6.45) is 0. The van der Waals surface area contributed by atoms with Crippen molar-refractivity contribution in [3.05, 3.63) is 57.5 Å². The van der Waals surface area contributed by atoms with Gasteiger partial charge in [0.15, 0.2) is 0 Å². The van der Waals surface area contributed by atoms with E-state index in [0.29, 0.717) is 5.56 Å². The predicted octanol–water partition coefficient (Wildman–Crippen LogP) is 2.69. The van der Waals surface area contributed by atoms with E-state index in [4.69, 9.17) is 5.73 Å². The lowest BCUT2D eigenvalue weighted by Gasteiger charge is -2.13. The smallest absolute Gasteiger partial charge is 0.252 e. The van der Waals surface area contributed by atoms with Crippen molar-refractivity contribution < 1.29 is 9.18 Å². The molecule has 0 aliphatic rings. The van der Waals surface area contributed by atoms with E-state index >= 15 is 0 Å². The molecule has 3 nitrogen and oxygen atoms in total. The molecule has 0 spiro atoms. The van der Waals surface area contributed by atoms with Gasteiger partial charge >= 0.3 is 0 Å². The van der Waals surface area contributed by atoms with Crippen LogP contribution in [0.4, 0.5) is 4.39 Å². The number of hydrogen-bond acceptors (Lipinski definition) is 3. The number of thiophene rings is 1. The third-order valence-electron chi connectivity index (χ3n) is 2.87. The number of amides is 1. The lowest BCUT2D eigenvalue weighted by Crippen LogP contribution is -2.26. The van der Waals surface area contributed by atoms with Crippen molar-refractivity contribution in [1.29, 1.82) is 0 Å². The first-order chi connectivity index (χ1) is 10.1. The minimum Gasteiger partial charge on any atom is -0.345 e. The molecule has 1 aromatic heterocycles. The Balaban J connectivity index is 2.05. The van der Waals surface area contributed by atoms with Crippen molar-refractivity contribution in [3.63, 3.8) is 0 Å². The average Bonchev–Trinajstić information content (AvgIpc) is 2.94. The molecule has 1 unspecified atom stereocenters. The van der Waals surface area contributed by atoms with Crippen LogP contribution in [0.5, 0.6) is 0 Å². The fourth-order valence-electron chi connectivity index (χ4n) is 1.80. The molecule has 5 heteroatoms. The summed E-state index contributed by atoms with van der Waals surface area (Å²) in [7, 11) is 0. The molecule has 2 aromatic rings. The van der Waals surface area contributed by atoms with E-state index in [-0.39, 0.29) is 24.3 Å². The van der Waals surface area contributed by atoms with Crippen LogP contribution < -0.4 is 11.1 Å². The Morgan fingerprint density at radius 1 is 1.48 bits per heavy atom. The van der Waals surface area contributed by atoms with Crippen LogP contribution >= 0.6 is 11.3 Å². The molecule has 0 radical (unpaired) electrons. The number of benzene rings is 1. The van der Waals surface area contributed by atoms with Crippen LogP contribution in [-0.4, -0.2) is 12.5 Å². The first-order valence-electron chi connectivity index (χ1n) is 6.44. The van der Waals surface area contributed by atoms with E-state index in [9.17, 15) is 9.18 Å². The van der Waals surface area contributed by atoms with Crippen molar-refractivity contribution >= 4 is 17.2 Å². The monoisotopic (exact) mass is 302 g/mol. The van der Waals surface area contributed by atoms with E-state index in [0.717, 1.165) is 10.4 Å². The van der Waals surface area contributed by atoms with Crippen LogP contribution in [-0.2, 0) is 0 Å². The number of halogens is 1. The number of carbonyl (C=O) groups excluding carboxylic acids is 1. The van der Waals surface area contributed by atoms with Gasteiger partial charge in [-0.15, -0.1) is 11.3 Å². The Bertz CT molecular complexity index is 700. The summed E-state index contributed by atoms with van der Waals surface area (Å²) in [5.41, 5.74) is 6.58. The lowest BCUT2D eigenvalue weighted by atomic mass is 10.1. The minimum atomic E-state index is -0.316. The quantitative estimate of drug-likeness (QED) is 0.857. The first-order valence-corrected chi connectivity index (χ1v) is 7.32. The van der Waals surface area contributed by atoms with Crippen LogP contribution in [0.25, 0.3) is 0 Å². The molecule has 1 atom stereocenters. The highest BCUT2D eigenvalue weighted by Gasteiger charge is 2.13. The van der Waals surface area contributed by atoms with Crippen molar-refractivity contribution in [2.45, 2.75) is 13.0 Å². The van der Waals surface area contributed by atoms with Gasteiger partial charge < -0.3 is 11.1 Å². The summed E-state index contributed by atoms with van der Waals surface area (Å²) in [4.78, 5) is 12.9. The van der Waals surface area contributed by atoms with Gasteiger partial charge in [0.05, 0.1) is 23.0 Å². The fourth-order valence-corrected chi connectivity index (χ4v) is 2.55. The van der Waals surface area contributed by atoms with E-state index in [1.165, 1.54) is 23.5 Å². The molecule has 1 amide bonds. The van der Waals surface area contributed by atoms with E-state index in [1.807, 2.05) is 6.92 Å². The normalized spacial score (nSPS) is 11.4. The van der Waals surface area contributed by atoms with E-state index < -0.39 is 0 Å². The number of hydrogen-bond donors (Lipinski definition) is 2. The summed E-state index contributed by atoms with van der Waals surface area (Å²) in [5.74, 6) is 5.11. The molecule has 0 fully saturated rings. The minimum absolute atomic E-state index is 0.205. The third kappa shape index (κ3) is 4.15. The second-order valence-corrected chi connectivity index (χ2v) is 5.37. The predicted molar refractivity (Wildman–Crippen MR) is 82.5 cm³/mol.